The molecule has 0 fully saturated rings. The monoisotopic (exact) mass is 438 g/mol. The fourth-order valence-corrected chi connectivity index (χ4v) is 4.87. The van der Waals surface area contributed by atoms with Crippen LogP contribution < -0.4 is 10.6 Å². The highest BCUT2D eigenvalue weighted by Gasteiger charge is 2.29. The van der Waals surface area contributed by atoms with E-state index in [1.807, 2.05) is 0 Å². The SMILES string of the molecule is CCOC(=O)c1c(NC(=S)NC(=O)c2ccc(F)c(F)c2)sc2c1CC[C@H](C)C2. The summed E-state index contributed by atoms with van der Waals surface area (Å²) in [5.41, 5.74) is 1.34. The first-order chi connectivity index (χ1) is 13.8. The lowest BCUT2D eigenvalue weighted by atomic mass is 9.88. The Morgan fingerprint density at radius 3 is 2.76 bits per heavy atom. The fraction of sp³-hybridized carbons (Fsp3) is 0.350. The predicted molar refractivity (Wildman–Crippen MR) is 112 cm³/mol. The zero-order valence-electron chi connectivity index (χ0n) is 15.9. The number of nitrogens with one attached hydrogen (secondary N) is 2. The Morgan fingerprint density at radius 2 is 2.07 bits per heavy atom. The van der Waals surface area contributed by atoms with Gasteiger partial charge in [0.2, 0.25) is 0 Å². The van der Waals surface area contributed by atoms with Gasteiger partial charge < -0.3 is 10.1 Å². The number of benzene rings is 1. The van der Waals surface area contributed by atoms with Crippen LogP contribution in [0.25, 0.3) is 0 Å². The van der Waals surface area contributed by atoms with Gasteiger partial charge in [0.15, 0.2) is 16.7 Å². The molecule has 5 nitrogen and oxygen atoms in total. The van der Waals surface area contributed by atoms with Crippen LogP contribution in [0.15, 0.2) is 18.2 Å². The average molecular weight is 439 g/mol. The van der Waals surface area contributed by atoms with E-state index in [1.165, 1.54) is 11.3 Å². The molecule has 2 aromatic rings. The maximum atomic E-state index is 13.3. The normalized spacial score (nSPS) is 15.4. The second-order valence-corrected chi connectivity index (χ2v) is 8.33. The van der Waals surface area contributed by atoms with Crippen molar-refractivity contribution in [2.45, 2.75) is 33.1 Å². The van der Waals surface area contributed by atoms with Crippen LogP contribution >= 0.6 is 23.6 Å². The summed E-state index contributed by atoms with van der Waals surface area (Å²) in [4.78, 5) is 25.9. The predicted octanol–water partition coefficient (Wildman–Crippen LogP) is 4.45. The molecule has 9 heteroatoms. The molecule has 0 bridgehead atoms. The van der Waals surface area contributed by atoms with Gasteiger partial charge in [0.25, 0.3) is 5.91 Å². The summed E-state index contributed by atoms with van der Waals surface area (Å²) in [5.74, 6) is -2.77. The van der Waals surface area contributed by atoms with Crippen molar-refractivity contribution in [1.82, 2.24) is 5.32 Å². The number of hydrogen-bond acceptors (Lipinski definition) is 5. The smallest absolute Gasteiger partial charge is 0.341 e. The summed E-state index contributed by atoms with van der Waals surface area (Å²) >= 11 is 6.60. The molecule has 1 aliphatic carbocycles. The van der Waals surface area contributed by atoms with Gasteiger partial charge in [0.1, 0.15) is 5.00 Å². The minimum absolute atomic E-state index is 0.0445. The number of ether oxygens (including phenoxy) is 1. The average Bonchev–Trinajstić information content (AvgIpc) is 3.00. The first kappa shape index (κ1) is 21.3. The van der Waals surface area contributed by atoms with Crippen molar-refractivity contribution in [2.24, 2.45) is 5.92 Å². The number of carbonyl (C=O) groups excluding carboxylic acids is 2. The van der Waals surface area contributed by atoms with Gasteiger partial charge in [-0.25, -0.2) is 13.6 Å². The van der Waals surface area contributed by atoms with Crippen molar-refractivity contribution < 1.29 is 23.1 Å². The van der Waals surface area contributed by atoms with Crippen LogP contribution in [0.1, 0.15) is 51.4 Å². The zero-order valence-corrected chi connectivity index (χ0v) is 17.6. The summed E-state index contributed by atoms with van der Waals surface area (Å²) in [6, 6.07) is 2.82. The van der Waals surface area contributed by atoms with E-state index in [2.05, 4.69) is 17.6 Å². The number of rotatable bonds is 4. The maximum Gasteiger partial charge on any atom is 0.341 e. The number of hydrogen-bond donors (Lipinski definition) is 2. The van der Waals surface area contributed by atoms with Crippen LogP contribution in [0.3, 0.4) is 0 Å². The molecule has 0 saturated carbocycles. The highest BCUT2D eigenvalue weighted by molar-refractivity contribution is 7.80. The van der Waals surface area contributed by atoms with Gasteiger partial charge in [-0.2, -0.15) is 0 Å². The molecule has 1 amide bonds. The number of anilines is 1. The van der Waals surface area contributed by atoms with E-state index < -0.39 is 23.5 Å². The first-order valence-corrected chi connectivity index (χ1v) is 10.4. The Labute approximate surface area is 176 Å². The molecule has 1 aromatic heterocycles. The van der Waals surface area contributed by atoms with E-state index in [0.29, 0.717) is 16.5 Å². The molecule has 1 atom stereocenters. The van der Waals surface area contributed by atoms with E-state index in [0.717, 1.165) is 47.9 Å². The lowest BCUT2D eigenvalue weighted by molar-refractivity contribution is 0.0526. The number of fused-ring (bicyclic) bond motifs is 1. The third-order valence-electron chi connectivity index (χ3n) is 4.63. The molecular formula is C20H20F2N2O3S2. The molecule has 0 spiro atoms. The zero-order chi connectivity index (χ0) is 21.1. The van der Waals surface area contributed by atoms with E-state index in [9.17, 15) is 18.4 Å². The third-order valence-corrected chi connectivity index (χ3v) is 6.00. The van der Waals surface area contributed by atoms with Gasteiger partial charge in [-0.15, -0.1) is 11.3 Å². The molecule has 0 unspecified atom stereocenters. The number of carbonyl (C=O) groups is 2. The minimum Gasteiger partial charge on any atom is -0.462 e. The van der Waals surface area contributed by atoms with Crippen LogP contribution in [0.4, 0.5) is 13.8 Å². The Morgan fingerprint density at radius 1 is 1.31 bits per heavy atom. The summed E-state index contributed by atoms with van der Waals surface area (Å²) in [6.07, 6.45) is 2.62. The standard InChI is InChI=1S/C20H20F2N2O3S2/c1-3-27-19(26)16-12-6-4-10(2)8-15(12)29-18(16)24-20(28)23-17(25)11-5-7-13(21)14(22)9-11/h5,7,9-10H,3-4,6,8H2,1-2H3,(H2,23,24,25,28)/t10-/m0/s1. The van der Waals surface area contributed by atoms with Crippen LogP contribution in [0, 0.1) is 17.6 Å². The van der Waals surface area contributed by atoms with Crippen molar-refractivity contribution >= 4 is 45.5 Å². The van der Waals surface area contributed by atoms with E-state index in [-0.39, 0.29) is 17.3 Å². The highest BCUT2D eigenvalue weighted by atomic mass is 32.1. The van der Waals surface area contributed by atoms with Crippen LogP contribution in [-0.2, 0) is 17.6 Å². The molecular weight excluding hydrogens is 418 g/mol. The molecule has 0 aliphatic heterocycles. The lowest BCUT2D eigenvalue weighted by Crippen LogP contribution is -2.34. The number of thiocarbonyl (C=S) groups is 1. The number of esters is 1. The Hall–Kier alpha value is -2.39. The minimum atomic E-state index is -1.12. The summed E-state index contributed by atoms with van der Waals surface area (Å²) in [7, 11) is 0. The van der Waals surface area contributed by atoms with Crippen molar-refractivity contribution in [3.63, 3.8) is 0 Å². The van der Waals surface area contributed by atoms with Gasteiger partial charge in [-0.05, 0) is 68.1 Å². The molecule has 1 aliphatic rings. The van der Waals surface area contributed by atoms with Crippen LogP contribution in [0.5, 0.6) is 0 Å². The quantitative estimate of drug-likeness (QED) is 0.545. The van der Waals surface area contributed by atoms with Crippen LogP contribution in [-0.4, -0.2) is 23.6 Å². The van der Waals surface area contributed by atoms with Crippen LogP contribution in [0.2, 0.25) is 0 Å². The second kappa shape index (κ2) is 8.96. The molecule has 0 saturated heterocycles. The van der Waals surface area contributed by atoms with Crippen molar-refractivity contribution in [2.75, 3.05) is 11.9 Å². The molecule has 1 aromatic carbocycles. The first-order valence-electron chi connectivity index (χ1n) is 9.19. The third kappa shape index (κ3) is 4.79. The summed E-state index contributed by atoms with van der Waals surface area (Å²) in [5, 5.41) is 5.79. The topological polar surface area (TPSA) is 67.4 Å². The number of halogens is 2. The van der Waals surface area contributed by atoms with Gasteiger partial charge in [0.05, 0.1) is 12.2 Å². The molecule has 3 rings (SSSR count). The van der Waals surface area contributed by atoms with Gasteiger partial charge in [-0.3, -0.25) is 10.1 Å². The molecule has 0 radical (unpaired) electrons. The number of thiophene rings is 1. The Kier molecular flexibility index (Phi) is 6.59. The van der Waals surface area contributed by atoms with E-state index in [4.69, 9.17) is 17.0 Å². The van der Waals surface area contributed by atoms with Crippen molar-refractivity contribution in [3.8, 4) is 0 Å². The fourth-order valence-electron chi connectivity index (χ4n) is 3.21. The van der Waals surface area contributed by atoms with Crippen molar-refractivity contribution in [3.05, 3.63) is 51.4 Å². The largest absolute Gasteiger partial charge is 0.462 e. The Bertz CT molecular complexity index is 975. The summed E-state index contributed by atoms with van der Waals surface area (Å²) < 4.78 is 31.6. The lowest BCUT2D eigenvalue weighted by Gasteiger charge is -2.18. The summed E-state index contributed by atoms with van der Waals surface area (Å²) in [6.45, 7) is 4.14. The molecule has 154 valence electrons. The van der Waals surface area contributed by atoms with Gasteiger partial charge in [-0.1, -0.05) is 6.92 Å². The number of amides is 1. The second-order valence-electron chi connectivity index (χ2n) is 6.81. The highest BCUT2D eigenvalue weighted by Crippen LogP contribution is 2.40. The van der Waals surface area contributed by atoms with Gasteiger partial charge in [0, 0.05) is 10.4 Å². The molecule has 1 heterocycles. The van der Waals surface area contributed by atoms with E-state index >= 15 is 0 Å². The molecule has 29 heavy (non-hydrogen) atoms. The van der Waals surface area contributed by atoms with Crippen molar-refractivity contribution in [1.29, 1.82) is 0 Å². The maximum absolute atomic E-state index is 13.3. The van der Waals surface area contributed by atoms with E-state index in [1.54, 1.807) is 6.92 Å². The Balaban J connectivity index is 1.79. The molecule has 2 N–H and O–H groups in total. The van der Waals surface area contributed by atoms with Gasteiger partial charge >= 0.3 is 5.97 Å².